The molecule has 0 radical (unpaired) electrons. The van der Waals surface area contributed by atoms with Crippen molar-refractivity contribution in [3.8, 4) is 0 Å². The number of nitrogens with one attached hydrogen (secondary N) is 1. The van der Waals surface area contributed by atoms with Crippen LogP contribution < -0.4 is 5.73 Å². The fraction of sp³-hybridized carbons (Fsp3) is 0.182. The highest BCUT2D eigenvalue weighted by molar-refractivity contribution is 9.10. The third-order valence-corrected chi connectivity index (χ3v) is 3.17. The van der Waals surface area contributed by atoms with Gasteiger partial charge in [0.05, 0.1) is 5.52 Å². The van der Waals surface area contributed by atoms with E-state index in [1.54, 1.807) is 6.20 Å². The Morgan fingerprint density at radius 2 is 2.31 bits per heavy atom. The minimum atomic E-state index is -0.982. The molecular formula is C11H11BrN2O2. The van der Waals surface area contributed by atoms with Crippen LogP contribution in [0.15, 0.2) is 28.9 Å². The monoisotopic (exact) mass is 282 g/mol. The van der Waals surface area contributed by atoms with Gasteiger partial charge >= 0.3 is 5.97 Å². The molecule has 0 aliphatic carbocycles. The normalized spacial score (nSPS) is 12.9. The summed E-state index contributed by atoms with van der Waals surface area (Å²) in [6.45, 7) is 0. The second kappa shape index (κ2) is 4.27. The van der Waals surface area contributed by atoms with Gasteiger partial charge in [0.25, 0.3) is 0 Å². The number of benzene rings is 1. The number of H-pyrrole nitrogens is 1. The van der Waals surface area contributed by atoms with Gasteiger partial charge in [-0.15, -0.1) is 0 Å². The van der Waals surface area contributed by atoms with Crippen LogP contribution in [0.25, 0.3) is 10.9 Å². The van der Waals surface area contributed by atoms with Crippen molar-refractivity contribution in [2.24, 2.45) is 5.73 Å². The Kier molecular flexibility index (Phi) is 2.98. The maximum absolute atomic E-state index is 10.7. The molecule has 0 saturated heterocycles. The van der Waals surface area contributed by atoms with Crippen LogP contribution in [-0.4, -0.2) is 22.1 Å². The zero-order valence-corrected chi connectivity index (χ0v) is 9.99. The molecule has 2 aromatic rings. The topological polar surface area (TPSA) is 79.1 Å². The SMILES string of the molecule is NC(Cc1c[nH]c2c(Br)cccc12)C(=O)O. The average molecular weight is 283 g/mol. The third-order valence-electron chi connectivity index (χ3n) is 2.51. The van der Waals surface area contributed by atoms with Crippen LogP contribution in [0.5, 0.6) is 0 Å². The van der Waals surface area contributed by atoms with E-state index in [1.807, 2.05) is 18.2 Å². The summed E-state index contributed by atoms with van der Waals surface area (Å²) < 4.78 is 0.958. The lowest BCUT2D eigenvalue weighted by atomic mass is 10.1. The summed E-state index contributed by atoms with van der Waals surface area (Å²) in [5.41, 5.74) is 7.40. The van der Waals surface area contributed by atoms with Crippen molar-refractivity contribution in [3.05, 3.63) is 34.4 Å². The van der Waals surface area contributed by atoms with Crippen molar-refractivity contribution >= 4 is 32.8 Å². The Labute approximate surface area is 101 Å². The van der Waals surface area contributed by atoms with Gasteiger partial charge in [0, 0.05) is 22.5 Å². The summed E-state index contributed by atoms with van der Waals surface area (Å²) in [6.07, 6.45) is 2.13. The first-order valence-corrected chi connectivity index (χ1v) is 5.61. The molecule has 0 aliphatic rings. The van der Waals surface area contributed by atoms with Crippen molar-refractivity contribution in [1.29, 1.82) is 0 Å². The Morgan fingerprint density at radius 3 is 3.00 bits per heavy atom. The lowest BCUT2D eigenvalue weighted by Gasteiger charge is -2.04. The Bertz CT molecular complexity index is 536. The second-order valence-corrected chi connectivity index (χ2v) is 4.48. The number of para-hydroxylation sites is 1. The second-order valence-electron chi connectivity index (χ2n) is 3.63. The van der Waals surface area contributed by atoms with Gasteiger partial charge in [0.2, 0.25) is 0 Å². The van der Waals surface area contributed by atoms with Crippen LogP contribution in [0.3, 0.4) is 0 Å². The fourth-order valence-corrected chi connectivity index (χ4v) is 2.15. The lowest BCUT2D eigenvalue weighted by Crippen LogP contribution is -2.32. The summed E-state index contributed by atoms with van der Waals surface area (Å²) in [6, 6.07) is 4.92. The van der Waals surface area contributed by atoms with E-state index in [1.165, 1.54) is 0 Å². The van der Waals surface area contributed by atoms with E-state index >= 15 is 0 Å². The highest BCUT2D eigenvalue weighted by Crippen LogP contribution is 2.26. The van der Waals surface area contributed by atoms with Crippen molar-refractivity contribution in [2.45, 2.75) is 12.5 Å². The van der Waals surface area contributed by atoms with Gasteiger partial charge in [-0.2, -0.15) is 0 Å². The van der Waals surface area contributed by atoms with Crippen LogP contribution in [0.2, 0.25) is 0 Å². The number of halogens is 1. The van der Waals surface area contributed by atoms with E-state index in [0.717, 1.165) is 20.9 Å². The van der Waals surface area contributed by atoms with Crippen molar-refractivity contribution in [1.82, 2.24) is 4.98 Å². The average Bonchev–Trinajstić information content (AvgIpc) is 2.63. The summed E-state index contributed by atoms with van der Waals surface area (Å²) in [5.74, 6) is -0.982. The van der Waals surface area contributed by atoms with Crippen LogP contribution in [0.1, 0.15) is 5.56 Å². The number of fused-ring (bicyclic) bond motifs is 1. The molecule has 1 heterocycles. The highest BCUT2D eigenvalue weighted by Gasteiger charge is 2.15. The molecule has 0 fully saturated rings. The third kappa shape index (κ3) is 1.96. The smallest absolute Gasteiger partial charge is 0.320 e. The number of aliphatic carboxylic acids is 1. The van der Waals surface area contributed by atoms with Crippen molar-refractivity contribution in [2.75, 3.05) is 0 Å². The van der Waals surface area contributed by atoms with E-state index in [4.69, 9.17) is 10.8 Å². The van der Waals surface area contributed by atoms with Gasteiger partial charge in [-0.3, -0.25) is 4.79 Å². The Balaban J connectivity index is 2.39. The molecule has 16 heavy (non-hydrogen) atoms. The summed E-state index contributed by atoms with van der Waals surface area (Å²) in [5, 5.41) is 9.77. The molecule has 1 aromatic heterocycles. The predicted octanol–water partition coefficient (Wildman–Crippen LogP) is 1.88. The molecule has 4 nitrogen and oxygen atoms in total. The molecule has 1 unspecified atom stereocenters. The first-order valence-electron chi connectivity index (χ1n) is 4.82. The van der Waals surface area contributed by atoms with Gasteiger partial charge in [0.1, 0.15) is 6.04 Å². The number of carboxylic acids is 1. The van der Waals surface area contributed by atoms with Crippen LogP contribution in [0.4, 0.5) is 0 Å². The summed E-state index contributed by atoms with van der Waals surface area (Å²) in [7, 11) is 0. The van der Waals surface area contributed by atoms with Gasteiger partial charge in [-0.25, -0.2) is 0 Å². The Morgan fingerprint density at radius 1 is 1.56 bits per heavy atom. The number of carboxylic acid groups (broad SMARTS) is 1. The number of aromatic amines is 1. The van der Waals surface area contributed by atoms with Gasteiger partial charge in [-0.1, -0.05) is 12.1 Å². The maximum atomic E-state index is 10.7. The first-order chi connectivity index (χ1) is 7.59. The molecule has 0 spiro atoms. The summed E-state index contributed by atoms with van der Waals surface area (Å²) >= 11 is 3.43. The molecule has 1 atom stereocenters. The van der Waals surface area contributed by atoms with Crippen molar-refractivity contribution in [3.63, 3.8) is 0 Å². The first kappa shape index (κ1) is 11.2. The number of hydrogen-bond donors (Lipinski definition) is 3. The molecule has 1 aromatic carbocycles. The Hall–Kier alpha value is -1.33. The standard InChI is InChI=1S/C11H11BrN2O2/c12-8-3-1-2-7-6(5-14-10(7)8)4-9(13)11(15)16/h1-3,5,9,14H,4,13H2,(H,15,16). The quantitative estimate of drug-likeness (QED) is 0.804. The minimum absolute atomic E-state index is 0.325. The number of carbonyl (C=O) groups is 1. The fourth-order valence-electron chi connectivity index (χ4n) is 1.67. The molecule has 5 heteroatoms. The predicted molar refractivity (Wildman–Crippen MR) is 65.3 cm³/mol. The zero-order valence-electron chi connectivity index (χ0n) is 8.40. The van der Waals surface area contributed by atoms with E-state index in [0.29, 0.717) is 6.42 Å². The molecule has 0 bridgehead atoms. The molecule has 84 valence electrons. The van der Waals surface area contributed by atoms with E-state index in [9.17, 15) is 4.79 Å². The minimum Gasteiger partial charge on any atom is -0.480 e. The van der Waals surface area contributed by atoms with Crippen LogP contribution in [-0.2, 0) is 11.2 Å². The van der Waals surface area contributed by atoms with E-state index in [-0.39, 0.29) is 0 Å². The molecule has 0 amide bonds. The van der Waals surface area contributed by atoms with Crippen LogP contribution in [0, 0.1) is 0 Å². The number of nitrogens with two attached hydrogens (primary N) is 1. The van der Waals surface area contributed by atoms with Gasteiger partial charge in [0.15, 0.2) is 0 Å². The maximum Gasteiger partial charge on any atom is 0.320 e. The van der Waals surface area contributed by atoms with E-state index in [2.05, 4.69) is 20.9 Å². The molecule has 4 N–H and O–H groups in total. The largest absolute Gasteiger partial charge is 0.480 e. The molecule has 0 saturated carbocycles. The summed E-state index contributed by atoms with van der Waals surface area (Å²) in [4.78, 5) is 13.8. The number of aromatic nitrogens is 1. The number of hydrogen-bond acceptors (Lipinski definition) is 2. The van der Waals surface area contributed by atoms with Crippen LogP contribution >= 0.6 is 15.9 Å². The molecular weight excluding hydrogens is 272 g/mol. The zero-order chi connectivity index (χ0) is 11.7. The number of rotatable bonds is 3. The van der Waals surface area contributed by atoms with Crippen molar-refractivity contribution < 1.29 is 9.90 Å². The lowest BCUT2D eigenvalue weighted by molar-refractivity contribution is -0.138. The molecule has 2 rings (SSSR count). The molecule has 0 aliphatic heterocycles. The highest BCUT2D eigenvalue weighted by atomic mass is 79.9. The van der Waals surface area contributed by atoms with E-state index < -0.39 is 12.0 Å². The van der Waals surface area contributed by atoms with Gasteiger partial charge in [-0.05, 0) is 27.6 Å². The van der Waals surface area contributed by atoms with Gasteiger partial charge < -0.3 is 15.8 Å².